The molecular weight excluding hydrogens is 306 g/mol. The number of hydrogen-bond acceptors (Lipinski definition) is 5. The van der Waals surface area contributed by atoms with E-state index in [0.29, 0.717) is 25.2 Å². The fourth-order valence-electron chi connectivity index (χ4n) is 4.07. The van der Waals surface area contributed by atoms with E-state index in [1.54, 1.807) is 5.06 Å². The van der Waals surface area contributed by atoms with Crippen LogP contribution in [0.1, 0.15) is 25.0 Å². The Morgan fingerprint density at radius 2 is 2.29 bits per heavy atom. The first-order valence-electron chi connectivity index (χ1n) is 8.98. The van der Waals surface area contributed by atoms with Crippen molar-refractivity contribution in [3.63, 3.8) is 0 Å². The summed E-state index contributed by atoms with van der Waals surface area (Å²) in [4.78, 5) is 24.8. The summed E-state index contributed by atoms with van der Waals surface area (Å²) in [6, 6.07) is 6.05. The Morgan fingerprint density at radius 3 is 3.08 bits per heavy atom. The summed E-state index contributed by atoms with van der Waals surface area (Å²) in [6.45, 7) is 4.80. The molecule has 3 aliphatic rings. The van der Waals surface area contributed by atoms with Crippen LogP contribution in [0.2, 0.25) is 0 Å². The van der Waals surface area contributed by atoms with Crippen molar-refractivity contribution >= 4 is 5.91 Å². The lowest BCUT2D eigenvalue weighted by molar-refractivity contribution is -0.183. The highest BCUT2D eigenvalue weighted by Crippen LogP contribution is 2.33. The molecule has 4 heterocycles. The second-order valence-electron chi connectivity index (χ2n) is 7.04. The highest BCUT2D eigenvalue weighted by molar-refractivity contribution is 5.78. The fourth-order valence-corrected chi connectivity index (χ4v) is 4.07. The Balaban J connectivity index is 1.35. The van der Waals surface area contributed by atoms with Crippen molar-refractivity contribution in [1.82, 2.24) is 14.9 Å². The fraction of sp³-hybridized carbons (Fsp3) is 0.667. The van der Waals surface area contributed by atoms with Gasteiger partial charge in [-0.3, -0.25) is 19.5 Å². The molecule has 6 nitrogen and oxygen atoms in total. The second-order valence-corrected chi connectivity index (χ2v) is 7.04. The molecule has 0 aromatic carbocycles. The normalized spacial score (nSPS) is 31.0. The van der Waals surface area contributed by atoms with Crippen LogP contribution in [0.3, 0.4) is 0 Å². The molecule has 24 heavy (non-hydrogen) atoms. The van der Waals surface area contributed by atoms with Crippen LogP contribution in [-0.4, -0.2) is 59.8 Å². The Kier molecular flexibility index (Phi) is 4.78. The molecule has 3 aliphatic heterocycles. The van der Waals surface area contributed by atoms with E-state index in [0.717, 1.165) is 51.1 Å². The SMILES string of the molecule is O=C([C@H]1CO[C@H]2CCN(Cc3ccccn3)C[C@H]2C1)N1CCCO1. The molecule has 1 amide bonds. The molecule has 0 spiro atoms. The zero-order valence-corrected chi connectivity index (χ0v) is 14.0. The third-order valence-electron chi connectivity index (χ3n) is 5.31. The van der Waals surface area contributed by atoms with Gasteiger partial charge >= 0.3 is 0 Å². The van der Waals surface area contributed by atoms with Gasteiger partial charge in [-0.15, -0.1) is 0 Å². The van der Waals surface area contributed by atoms with Gasteiger partial charge in [-0.2, -0.15) is 0 Å². The van der Waals surface area contributed by atoms with E-state index in [9.17, 15) is 4.79 Å². The third-order valence-corrected chi connectivity index (χ3v) is 5.31. The quantitative estimate of drug-likeness (QED) is 0.840. The van der Waals surface area contributed by atoms with E-state index < -0.39 is 0 Å². The molecule has 0 radical (unpaired) electrons. The highest BCUT2D eigenvalue weighted by atomic mass is 16.7. The first-order valence-corrected chi connectivity index (χ1v) is 8.98. The number of hydroxylamine groups is 2. The van der Waals surface area contributed by atoms with Crippen molar-refractivity contribution in [2.24, 2.45) is 11.8 Å². The van der Waals surface area contributed by atoms with Gasteiger partial charge in [-0.1, -0.05) is 6.07 Å². The van der Waals surface area contributed by atoms with Crippen LogP contribution in [0.15, 0.2) is 24.4 Å². The summed E-state index contributed by atoms with van der Waals surface area (Å²) in [6.07, 6.45) is 5.02. The smallest absolute Gasteiger partial charge is 0.251 e. The lowest BCUT2D eigenvalue weighted by Gasteiger charge is -2.43. The third kappa shape index (κ3) is 3.45. The molecule has 4 rings (SSSR count). The van der Waals surface area contributed by atoms with Gasteiger partial charge in [0, 0.05) is 25.8 Å². The summed E-state index contributed by atoms with van der Waals surface area (Å²) >= 11 is 0. The van der Waals surface area contributed by atoms with E-state index >= 15 is 0 Å². The molecule has 0 N–H and O–H groups in total. The summed E-state index contributed by atoms with van der Waals surface area (Å²) < 4.78 is 6.03. The summed E-state index contributed by atoms with van der Waals surface area (Å²) in [5, 5.41) is 1.54. The number of pyridine rings is 1. The molecule has 1 aromatic heterocycles. The van der Waals surface area contributed by atoms with E-state index in [2.05, 4.69) is 16.0 Å². The van der Waals surface area contributed by atoms with Crippen molar-refractivity contribution in [2.75, 3.05) is 32.8 Å². The van der Waals surface area contributed by atoms with Crippen LogP contribution in [0.25, 0.3) is 0 Å². The molecule has 0 unspecified atom stereocenters. The lowest BCUT2D eigenvalue weighted by atomic mass is 9.83. The minimum Gasteiger partial charge on any atom is -0.377 e. The van der Waals surface area contributed by atoms with E-state index in [4.69, 9.17) is 9.57 Å². The van der Waals surface area contributed by atoms with Crippen LogP contribution in [0, 0.1) is 11.8 Å². The van der Waals surface area contributed by atoms with Gasteiger partial charge in [-0.25, -0.2) is 5.06 Å². The van der Waals surface area contributed by atoms with Gasteiger partial charge in [0.15, 0.2) is 0 Å². The number of aromatic nitrogens is 1. The zero-order valence-electron chi connectivity index (χ0n) is 14.0. The van der Waals surface area contributed by atoms with E-state index in [1.165, 1.54) is 0 Å². The minimum absolute atomic E-state index is 0.0563. The number of fused-ring (bicyclic) bond motifs is 1. The monoisotopic (exact) mass is 331 g/mol. The van der Waals surface area contributed by atoms with Crippen molar-refractivity contribution in [2.45, 2.75) is 31.9 Å². The van der Waals surface area contributed by atoms with Gasteiger partial charge in [0.2, 0.25) is 0 Å². The number of nitrogens with zero attached hydrogens (tertiary/aromatic N) is 3. The largest absolute Gasteiger partial charge is 0.377 e. The summed E-state index contributed by atoms with van der Waals surface area (Å²) in [7, 11) is 0. The van der Waals surface area contributed by atoms with Crippen LogP contribution in [-0.2, 0) is 20.9 Å². The lowest BCUT2D eigenvalue weighted by Crippen LogP contribution is -2.50. The maximum absolute atomic E-state index is 12.5. The van der Waals surface area contributed by atoms with Crippen LogP contribution in [0.5, 0.6) is 0 Å². The molecule has 130 valence electrons. The molecule has 0 saturated carbocycles. The topological polar surface area (TPSA) is 54.9 Å². The molecule has 6 heteroatoms. The van der Waals surface area contributed by atoms with Crippen molar-refractivity contribution in [1.29, 1.82) is 0 Å². The maximum Gasteiger partial charge on any atom is 0.251 e. The number of likely N-dealkylation sites (tertiary alicyclic amines) is 1. The number of hydrogen-bond donors (Lipinski definition) is 0. The zero-order chi connectivity index (χ0) is 16.4. The van der Waals surface area contributed by atoms with E-state index in [1.807, 2.05) is 18.3 Å². The molecule has 0 bridgehead atoms. The molecule has 0 aliphatic carbocycles. The predicted octanol–water partition coefficient (Wildman–Crippen LogP) is 1.47. The Morgan fingerprint density at radius 1 is 1.33 bits per heavy atom. The Hall–Kier alpha value is -1.50. The van der Waals surface area contributed by atoms with Crippen molar-refractivity contribution in [3.05, 3.63) is 30.1 Å². The van der Waals surface area contributed by atoms with Gasteiger partial charge in [0.1, 0.15) is 0 Å². The molecule has 3 fully saturated rings. The van der Waals surface area contributed by atoms with Crippen LogP contribution >= 0.6 is 0 Å². The molecule has 3 saturated heterocycles. The summed E-state index contributed by atoms with van der Waals surface area (Å²) in [5.74, 6) is 0.472. The first-order chi connectivity index (χ1) is 11.8. The number of carbonyl (C=O) groups is 1. The minimum atomic E-state index is -0.0563. The van der Waals surface area contributed by atoms with Gasteiger partial charge < -0.3 is 4.74 Å². The predicted molar refractivity (Wildman–Crippen MR) is 87.8 cm³/mol. The van der Waals surface area contributed by atoms with Crippen LogP contribution < -0.4 is 0 Å². The Labute approximate surface area is 142 Å². The maximum atomic E-state index is 12.5. The first kappa shape index (κ1) is 16.0. The number of carbonyl (C=O) groups excluding carboxylic acids is 1. The average Bonchev–Trinajstić information content (AvgIpc) is 3.16. The van der Waals surface area contributed by atoms with Crippen LogP contribution in [0.4, 0.5) is 0 Å². The van der Waals surface area contributed by atoms with Crippen molar-refractivity contribution < 1.29 is 14.4 Å². The number of rotatable bonds is 3. The summed E-state index contributed by atoms with van der Waals surface area (Å²) in [5.41, 5.74) is 1.10. The van der Waals surface area contributed by atoms with Gasteiger partial charge in [0.05, 0.1) is 37.5 Å². The Bertz CT molecular complexity index is 562. The molecular formula is C18H25N3O3. The molecule has 1 aromatic rings. The van der Waals surface area contributed by atoms with E-state index in [-0.39, 0.29) is 11.8 Å². The number of piperidine rings is 1. The second kappa shape index (κ2) is 7.17. The number of amides is 1. The number of ether oxygens (including phenoxy) is 1. The molecule has 3 atom stereocenters. The van der Waals surface area contributed by atoms with Gasteiger partial charge in [-0.05, 0) is 37.3 Å². The average molecular weight is 331 g/mol. The standard InChI is InChI=1S/C18H25N3O3/c22-18(21-7-3-9-24-21)15-10-14-11-20(8-5-17(14)23-13-15)12-16-4-1-2-6-19-16/h1-2,4,6,14-15,17H,3,5,7-13H2/t14-,15-,17+/m1/s1. The highest BCUT2D eigenvalue weighted by Gasteiger charge is 2.40. The van der Waals surface area contributed by atoms with Gasteiger partial charge in [0.25, 0.3) is 5.91 Å². The van der Waals surface area contributed by atoms with Crippen molar-refractivity contribution in [3.8, 4) is 0 Å².